The van der Waals surface area contributed by atoms with Crippen LogP contribution in [0.25, 0.3) is 0 Å². The molecule has 2 N–H and O–H groups in total. The van der Waals surface area contributed by atoms with E-state index in [0.29, 0.717) is 24.7 Å². The van der Waals surface area contributed by atoms with Gasteiger partial charge < -0.3 is 15.4 Å². The highest BCUT2D eigenvalue weighted by molar-refractivity contribution is 5.92. The molecule has 1 heterocycles. The van der Waals surface area contributed by atoms with Gasteiger partial charge in [0.2, 0.25) is 0 Å². The SMILES string of the molecule is COCCCNC(=O)c1ccc(Nc2ccc(C)cc2C)nn1. The minimum Gasteiger partial charge on any atom is -0.385 e. The Balaban J connectivity index is 1.95. The van der Waals surface area contributed by atoms with Gasteiger partial charge in [-0.05, 0) is 44.0 Å². The summed E-state index contributed by atoms with van der Waals surface area (Å²) < 4.78 is 4.93. The molecule has 1 amide bonds. The molecule has 6 heteroatoms. The second-order valence-corrected chi connectivity index (χ2v) is 5.35. The molecule has 2 rings (SSSR count). The number of aromatic nitrogens is 2. The highest BCUT2D eigenvalue weighted by atomic mass is 16.5. The molecule has 1 aromatic heterocycles. The largest absolute Gasteiger partial charge is 0.385 e. The number of aryl methyl sites for hydroxylation is 2. The molecule has 0 fully saturated rings. The molecule has 1 aromatic carbocycles. The van der Waals surface area contributed by atoms with Gasteiger partial charge in [-0.1, -0.05) is 17.7 Å². The molecule has 0 aliphatic carbocycles. The number of carbonyl (C=O) groups is 1. The molecule has 0 atom stereocenters. The minimum atomic E-state index is -0.230. The van der Waals surface area contributed by atoms with Crippen LogP contribution < -0.4 is 10.6 Å². The maximum Gasteiger partial charge on any atom is 0.271 e. The van der Waals surface area contributed by atoms with E-state index < -0.39 is 0 Å². The van der Waals surface area contributed by atoms with Crippen molar-refractivity contribution in [2.75, 3.05) is 25.6 Å². The van der Waals surface area contributed by atoms with Gasteiger partial charge in [0, 0.05) is 25.9 Å². The topological polar surface area (TPSA) is 76.1 Å². The van der Waals surface area contributed by atoms with E-state index in [4.69, 9.17) is 4.74 Å². The average molecular weight is 314 g/mol. The Hall–Kier alpha value is -2.47. The number of ether oxygens (including phenoxy) is 1. The Bertz CT molecular complexity index is 656. The third-order valence-electron chi connectivity index (χ3n) is 3.35. The van der Waals surface area contributed by atoms with Crippen LogP contribution in [0.1, 0.15) is 28.0 Å². The zero-order valence-corrected chi connectivity index (χ0v) is 13.7. The van der Waals surface area contributed by atoms with Crippen LogP contribution in [-0.2, 0) is 4.74 Å². The molecule has 0 spiro atoms. The lowest BCUT2D eigenvalue weighted by Gasteiger charge is -2.09. The summed E-state index contributed by atoms with van der Waals surface area (Å²) in [5.41, 5.74) is 3.61. The normalized spacial score (nSPS) is 10.4. The van der Waals surface area contributed by atoms with E-state index in [9.17, 15) is 4.79 Å². The smallest absolute Gasteiger partial charge is 0.271 e. The van der Waals surface area contributed by atoms with Crippen LogP contribution in [0.3, 0.4) is 0 Å². The zero-order chi connectivity index (χ0) is 16.7. The van der Waals surface area contributed by atoms with Gasteiger partial charge in [0.25, 0.3) is 5.91 Å². The van der Waals surface area contributed by atoms with Crippen LogP contribution in [0.5, 0.6) is 0 Å². The fourth-order valence-corrected chi connectivity index (χ4v) is 2.12. The molecule has 6 nitrogen and oxygen atoms in total. The molecule has 0 saturated carbocycles. The lowest BCUT2D eigenvalue weighted by atomic mass is 10.1. The Morgan fingerprint density at radius 1 is 1.17 bits per heavy atom. The number of amides is 1. The molecule has 0 bridgehead atoms. The Labute approximate surface area is 136 Å². The summed E-state index contributed by atoms with van der Waals surface area (Å²) in [6.45, 7) is 5.25. The molecule has 0 unspecified atom stereocenters. The standard InChI is InChI=1S/C17H22N4O2/c1-12-5-6-14(13(2)11-12)19-16-8-7-15(20-21-16)17(22)18-9-4-10-23-3/h5-8,11H,4,9-10H2,1-3H3,(H,18,22)(H,19,21). The van der Waals surface area contributed by atoms with Crippen LogP contribution in [0.15, 0.2) is 30.3 Å². The molecule has 2 aromatic rings. The second-order valence-electron chi connectivity index (χ2n) is 5.35. The number of carbonyl (C=O) groups excluding carboxylic acids is 1. The maximum absolute atomic E-state index is 11.9. The number of rotatable bonds is 7. The first-order valence-corrected chi connectivity index (χ1v) is 7.55. The van der Waals surface area contributed by atoms with Gasteiger partial charge in [0.05, 0.1) is 0 Å². The number of anilines is 2. The van der Waals surface area contributed by atoms with Gasteiger partial charge in [-0.3, -0.25) is 4.79 Å². The monoisotopic (exact) mass is 314 g/mol. The predicted octanol–water partition coefficient (Wildman–Crippen LogP) is 2.60. The Morgan fingerprint density at radius 3 is 2.65 bits per heavy atom. The van der Waals surface area contributed by atoms with Gasteiger partial charge in [-0.25, -0.2) is 0 Å². The summed E-state index contributed by atoms with van der Waals surface area (Å²) in [7, 11) is 1.63. The van der Waals surface area contributed by atoms with Gasteiger partial charge in [0.15, 0.2) is 11.5 Å². The molecular weight excluding hydrogens is 292 g/mol. The van der Waals surface area contributed by atoms with Crippen LogP contribution in [0, 0.1) is 13.8 Å². The first-order chi connectivity index (χ1) is 11.1. The van der Waals surface area contributed by atoms with Crippen molar-refractivity contribution in [1.29, 1.82) is 0 Å². The third-order valence-corrected chi connectivity index (χ3v) is 3.35. The quantitative estimate of drug-likeness (QED) is 0.768. The van der Waals surface area contributed by atoms with Crippen molar-refractivity contribution in [3.05, 3.63) is 47.2 Å². The van der Waals surface area contributed by atoms with Gasteiger partial charge in [0.1, 0.15) is 0 Å². The zero-order valence-electron chi connectivity index (χ0n) is 13.7. The van der Waals surface area contributed by atoms with E-state index in [-0.39, 0.29) is 5.91 Å². The molecule has 122 valence electrons. The van der Waals surface area contributed by atoms with Crippen molar-refractivity contribution in [2.45, 2.75) is 20.3 Å². The number of nitrogens with one attached hydrogen (secondary N) is 2. The van der Waals surface area contributed by atoms with Gasteiger partial charge >= 0.3 is 0 Å². The molecule has 0 aliphatic rings. The first-order valence-electron chi connectivity index (χ1n) is 7.55. The minimum absolute atomic E-state index is 0.230. The van der Waals surface area contributed by atoms with Crippen molar-refractivity contribution in [3.8, 4) is 0 Å². The van der Waals surface area contributed by atoms with E-state index in [1.807, 2.05) is 19.1 Å². The van der Waals surface area contributed by atoms with Gasteiger partial charge in [-0.15, -0.1) is 10.2 Å². The summed E-state index contributed by atoms with van der Waals surface area (Å²) in [6.07, 6.45) is 0.766. The summed E-state index contributed by atoms with van der Waals surface area (Å²) >= 11 is 0. The highest BCUT2D eigenvalue weighted by Gasteiger charge is 2.08. The van der Waals surface area contributed by atoms with Crippen LogP contribution in [0.4, 0.5) is 11.5 Å². The third kappa shape index (κ3) is 5.03. The molecule has 0 radical (unpaired) electrons. The highest BCUT2D eigenvalue weighted by Crippen LogP contribution is 2.19. The second kappa shape index (κ2) is 8.24. The number of methoxy groups -OCH3 is 1. The maximum atomic E-state index is 11.9. The van der Waals surface area contributed by atoms with E-state index in [1.165, 1.54) is 5.56 Å². The van der Waals surface area contributed by atoms with Crippen molar-refractivity contribution >= 4 is 17.4 Å². The van der Waals surface area contributed by atoms with Crippen LogP contribution in [-0.4, -0.2) is 36.4 Å². The van der Waals surface area contributed by atoms with Crippen molar-refractivity contribution in [3.63, 3.8) is 0 Å². The van der Waals surface area contributed by atoms with Crippen molar-refractivity contribution in [2.24, 2.45) is 0 Å². The summed E-state index contributed by atoms with van der Waals surface area (Å²) in [5.74, 6) is 0.375. The number of nitrogens with zero attached hydrogens (tertiary/aromatic N) is 2. The molecule has 0 aliphatic heterocycles. The van der Waals surface area contributed by atoms with Crippen LogP contribution >= 0.6 is 0 Å². The molecule has 23 heavy (non-hydrogen) atoms. The van der Waals surface area contributed by atoms with Crippen molar-refractivity contribution < 1.29 is 9.53 Å². The summed E-state index contributed by atoms with van der Waals surface area (Å²) in [4.78, 5) is 11.9. The van der Waals surface area contributed by atoms with Crippen LogP contribution in [0.2, 0.25) is 0 Å². The first kappa shape index (κ1) is 16.9. The fourth-order valence-electron chi connectivity index (χ4n) is 2.12. The Kier molecular flexibility index (Phi) is 6.05. The van der Waals surface area contributed by atoms with Gasteiger partial charge in [-0.2, -0.15) is 0 Å². The van der Waals surface area contributed by atoms with E-state index in [1.54, 1.807) is 19.2 Å². The number of hydrogen-bond donors (Lipinski definition) is 2. The lowest BCUT2D eigenvalue weighted by Crippen LogP contribution is -2.26. The van der Waals surface area contributed by atoms with E-state index >= 15 is 0 Å². The lowest BCUT2D eigenvalue weighted by molar-refractivity contribution is 0.0942. The molecular formula is C17H22N4O2. The fraction of sp³-hybridized carbons (Fsp3) is 0.353. The molecule has 0 saturated heterocycles. The van der Waals surface area contributed by atoms with Crippen molar-refractivity contribution in [1.82, 2.24) is 15.5 Å². The van der Waals surface area contributed by atoms with E-state index in [0.717, 1.165) is 17.7 Å². The summed E-state index contributed by atoms with van der Waals surface area (Å²) in [5, 5.41) is 14.0. The Morgan fingerprint density at radius 2 is 2.00 bits per heavy atom. The number of hydrogen-bond acceptors (Lipinski definition) is 5. The number of benzene rings is 1. The summed E-state index contributed by atoms with van der Waals surface area (Å²) in [6, 6.07) is 9.53. The van der Waals surface area contributed by atoms with E-state index in [2.05, 4.69) is 33.8 Å². The average Bonchev–Trinajstić information content (AvgIpc) is 2.55. The predicted molar refractivity (Wildman–Crippen MR) is 90.1 cm³/mol.